The van der Waals surface area contributed by atoms with E-state index in [1.807, 2.05) is 6.34 Å². The highest BCUT2D eigenvalue weighted by Gasteiger charge is 2.06. The summed E-state index contributed by atoms with van der Waals surface area (Å²) >= 11 is 0. The quantitative estimate of drug-likeness (QED) is 0.139. The van der Waals surface area contributed by atoms with Crippen molar-refractivity contribution in [2.45, 2.75) is 116 Å². The van der Waals surface area contributed by atoms with Crippen LogP contribution >= 0.6 is 0 Å². The number of allylic oxidation sites excluding steroid dienone is 2. The lowest BCUT2D eigenvalue weighted by atomic mass is 10.1. The minimum absolute atomic E-state index is 0.151. The van der Waals surface area contributed by atoms with Gasteiger partial charge in [-0.15, -0.1) is 0 Å². The van der Waals surface area contributed by atoms with E-state index in [-0.39, 0.29) is 6.17 Å². The smallest absolute Gasteiger partial charge is 0.0851 e. The van der Waals surface area contributed by atoms with E-state index >= 15 is 0 Å². The minimum Gasteiger partial charge on any atom is -0.360 e. The molecule has 1 rings (SSSR count). The summed E-state index contributed by atoms with van der Waals surface area (Å²) in [6.07, 6.45) is 28.5. The monoisotopic (exact) mass is 406 g/mol. The van der Waals surface area contributed by atoms with Crippen molar-refractivity contribution in [2.75, 3.05) is 26.2 Å². The first-order chi connectivity index (χ1) is 14.3. The van der Waals surface area contributed by atoms with Gasteiger partial charge in [0, 0.05) is 19.6 Å². The molecule has 0 bridgehead atoms. The molecule has 0 saturated carbocycles. The predicted molar refractivity (Wildman–Crippen MR) is 130 cm³/mol. The first-order valence-corrected chi connectivity index (χ1v) is 12.7. The van der Waals surface area contributed by atoms with Crippen molar-refractivity contribution in [1.82, 2.24) is 10.2 Å². The Hall–Kier alpha value is -0.870. The number of nitrogens with one attached hydrogen (secondary N) is 1. The average Bonchev–Trinajstić information content (AvgIpc) is 3.24. The van der Waals surface area contributed by atoms with Crippen molar-refractivity contribution in [3.63, 3.8) is 0 Å². The van der Waals surface area contributed by atoms with E-state index in [1.54, 1.807) is 0 Å². The van der Waals surface area contributed by atoms with Gasteiger partial charge in [0.15, 0.2) is 0 Å². The summed E-state index contributed by atoms with van der Waals surface area (Å²) in [6.45, 7) is 6.27. The topological polar surface area (TPSA) is 53.6 Å². The molecule has 0 amide bonds. The number of hydrogen-bond donors (Lipinski definition) is 2. The van der Waals surface area contributed by atoms with Gasteiger partial charge < -0.3 is 16.0 Å². The molecule has 1 heterocycles. The van der Waals surface area contributed by atoms with Crippen molar-refractivity contribution in [3.8, 4) is 0 Å². The summed E-state index contributed by atoms with van der Waals surface area (Å²) in [5.74, 6) is 0. The summed E-state index contributed by atoms with van der Waals surface area (Å²) in [6, 6.07) is 0. The fourth-order valence-electron chi connectivity index (χ4n) is 3.87. The van der Waals surface area contributed by atoms with Crippen LogP contribution in [0.25, 0.3) is 0 Å². The number of nitrogens with zero attached hydrogens (tertiary/aromatic N) is 2. The van der Waals surface area contributed by atoms with Crippen LogP contribution in [0.1, 0.15) is 110 Å². The number of unbranched alkanes of at least 4 members (excludes halogenated alkanes) is 13. The van der Waals surface area contributed by atoms with Crippen LogP contribution in [0.3, 0.4) is 0 Å². The fraction of sp³-hybridized carbons (Fsp3) is 0.880. The maximum atomic E-state index is 6.16. The molecule has 0 spiro atoms. The standard InChI is InChI=1S/C25H50N4/c1-2-3-4-5-6-7-8-9-10-11-12-13-14-15-16-17-18-19-25(26)28-21-23-29-22-20-27-24-29/h9-10,24-25,28H,2-8,11-23,26H2,1H3/b10-9-. The molecule has 0 aliphatic carbocycles. The van der Waals surface area contributed by atoms with E-state index in [0.29, 0.717) is 0 Å². The van der Waals surface area contributed by atoms with Crippen LogP contribution < -0.4 is 11.1 Å². The first-order valence-electron chi connectivity index (χ1n) is 12.7. The van der Waals surface area contributed by atoms with Crippen molar-refractivity contribution in [1.29, 1.82) is 0 Å². The molecular weight excluding hydrogens is 356 g/mol. The summed E-state index contributed by atoms with van der Waals surface area (Å²) in [5.41, 5.74) is 6.16. The minimum atomic E-state index is 0.151. The first kappa shape index (κ1) is 26.2. The predicted octanol–water partition coefficient (Wildman–Crippen LogP) is 6.02. The molecule has 170 valence electrons. The Labute approximate surface area is 181 Å². The van der Waals surface area contributed by atoms with Crippen molar-refractivity contribution < 1.29 is 0 Å². The van der Waals surface area contributed by atoms with Crippen LogP contribution in [0, 0.1) is 0 Å². The van der Waals surface area contributed by atoms with Gasteiger partial charge in [-0.1, -0.05) is 89.7 Å². The number of rotatable bonds is 21. The third-order valence-corrected chi connectivity index (χ3v) is 5.84. The molecule has 4 heteroatoms. The Balaban J connectivity index is 1.73. The van der Waals surface area contributed by atoms with E-state index in [0.717, 1.165) is 32.6 Å². The summed E-state index contributed by atoms with van der Waals surface area (Å²) in [7, 11) is 0. The molecule has 1 atom stereocenters. The van der Waals surface area contributed by atoms with Gasteiger partial charge in [0.2, 0.25) is 0 Å². The highest BCUT2D eigenvalue weighted by Crippen LogP contribution is 2.11. The van der Waals surface area contributed by atoms with Crippen LogP contribution in [0.4, 0.5) is 0 Å². The highest BCUT2D eigenvalue weighted by molar-refractivity contribution is 5.56. The SMILES string of the molecule is CCCCCCCC/C=C\CCCCCCCCCC(N)NCCN1C=NCC1. The molecule has 1 aliphatic heterocycles. The second-order valence-corrected chi connectivity index (χ2v) is 8.70. The number of aliphatic imine (C=N–C) groups is 1. The molecule has 1 aliphatic rings. The zero-order valence-corrected chi connectivity index (χ0v) is 19.4. The molecule has 4 nitrogen and oxygen atoms in total. The molecule has 0 aromatic heterocycles. The lowest BCUT2D eigenvalue weighted by molar-refractivity contribution is 0.408. The maximum Gasteiger partial charge on any atom is 0.0851 e. The van der Waals surface area contributed by atoms with Crippen LogP contribution in [-0.2, 0) is 0 Å². The summed E-state index contributed by atoms with van der Waals surface area (Å²) in [4.78, 5) is 6.48. The van der Waals surface area contributed by atoms with E-state index in [1.165, 1.54) is 96.3 Å². The Morgan fingerprint density at radius 1 is 0.897 bits per heavy atom. The summed E-state index contributed by atoms with van der Waals surface area (Å²) in [5, 5.41) is 3.43. The van der Waals surface area contributed by atoms with Crippen LogP contribution in [0.15, 0.2) is 17.1 Å². The van der Waals surface area contributed by atoms with Gasteiger partial charge in [0.05, 0.1) is 19.0 Å². The second kappa shape index (κ2) is 20.4. The molecule has 0 fully saturated rings. The number of nitrogens with two attached hydrogens (primary N) is 1. The highest BCUT2D eigenvalue weighted by atomic mass is 15.2. The molecule has 0 radical (unpaired) electrons. The largest absolute Gasteiger partial charge is 0.360 e. The van der Waals surface area contributed by atoms with Gasteiger partial charge in [-0.2, -0.15) is 0 Å². The van der Waals surface area contributed by atoms with Crippen molar-refractivity contribution in [2.24, 2.45) is 10.7 Å². The molecular formula is C25H50N4. The lowest BCUT2D eigenvalue weighted by Gasteiger charge is -2.17. The third kappa shape index (κ3) is 17.7. The molecule has 0 saturated heterocycles. The Kier molecular flexibility index (Phi) is 18.4. The van der Waals surface area contributed by atoms with Gasteiger partial charge in [0.1, 0.15) is 0 Å². The van der Waals surface area contributed by atoms with Crippen LogP contribution in [-0.4, -0.2) is 43.6 Å². The van der Waals surface area contributed by atoms with Crippen molar-refractivity contribution >= 4 is 6.34 Å². The van der Waals surface area contributed by atoms with Gasteiger partial charge >= 0.3 is 0 Å². The average molecular weight is 407 g/mol. The van der Waals surface area contributed by atoms with Crippen molar-refractivity contribution in [3.05, 3.63) is 12.2 Å². The second-order valence-electron chi connectivity index (χ2n) is 8.70. The van der Waals surface area contributed by atoms with Gasteiger partial charge in [-0.3, -0.25) is 4.99 Å². The zero-order chi connectivity index (χ0) is 20.8. The molecule has 0 aromatic carbocycles. The van der Waals surface area contributed by atoms with E-state index < -0.39 is 0 Å². The number of hydrogen-bond acceptors (Lipinski definition) is 4. The van der Waals surface area contributed by atoms with E-state index in [9.17, 15) is 0 Å². The molecule has 3 N–H and O–H groups in total. The van der Waals surface area contributed by atoms with Crippen LogP contribution in [0.5, 0.6) is 0 Å². The molecule has 1 unspecified atom stereocenters. The van der Waals surface area contributed by atoms with Crippen LogP contribution in [0.2, 0.25) is 0 Å². The maximum absolute atomic E-state index is 6.16. The van der Waals surface area contributed by atoms with E-state index in [4.69, 9.17) is 5.73 Å². The Morgan fingerprint density at radius 2 is 1.48 bits per heavy atom. The normalized spacial score (nSPS) is 15.0. The molecule has 29 heavy (non-hydrogen) atoms. The molecule has 0 aromatic rings. The third-order valence-electron chi connectivity index (χ3n) is 5.84. The summed E-state index contributed by atoms with van der Waals surface area (Å²) < 4.78 is 0. The van der Waals surface area contributed by atoms with Gasteiger partial charge in [0.25, 0.3) is 0 Å². The fourth-order valence-corrected chi connectivity index (χ4v) is 3.87. The Morgan fingerprint density at radius 3 is 2.07 bits per heavy atom. The zero-order valence-electron chi connectivity index (χ0n) is 19.4. The lowest BCUT2D eigenvalue weighted by Crippen LogP contribution is -2.41. The van der Waals surface area contributed by atoms with Gasteiger partial charge in [-0.05, 0) is 32.1 Å². The van der Waals surface area contributed by atoms with Gasteiger partial charge in [-0.25, -0.2) is 0 Å². The Bertz CT molecular complexity index is 394. The van der Waals surface area contributed by atoms with E-state index in [2.05, 4.69) is 34.3 Å².